The monoisotopic (exact) mass is 460 g/mol. The van der Waals surface area contributed by atoms with Gasteiger partial charge in [-0.05, 0) is 42.9 Å². The first-order chi connectivity index (χ1) is 14.9. The molecule has 2 atom stereocenters. The second kappa shape index (κ2) is 7.80. The van der Waals surface area contributed by atoms with Gasteiger partial charge in [-0.1, -0.05) is 11.6 Å². The number of rotatable bonds is 4. The quantitative estimate of drug-likeness (QED) is 0.611. The van der Waals surface area contributed by atoms with Crippen LogP contribution in [0.2, 0.25) is 5.02 Å². The average Bonchev–Trinajstić information content (AvgIpc) is 3.48. The lowest BCUT2D eigenvalue weighted by Crippen LogP contribution is -2.22. The number of nitrogens with one attached hydrogen (secondary N) is 1. The summed E-state index contributed by atoms with van der Waals surface area (Å²) in [6.07, 6.45) is 1.93. The molecule has 0 bridgehead atoms. The molecule has 3 heterocycles. The standard InChI is InChI=1S/C21H22ClFN6OS/c1-28-20(24)18(21(30)26-14-2-3-16(23)15(22)6-14)19(27-28)11-4-12-7-29(8-13(12)5-11)17-9-31-10-25-17/h2-3,6,9-13H,4-5,7-8,24H2,1H3,(H,26,30). The smallest absolute Gasteiger partial charge is 0.261 e. The van der Waals surface area contributed by atoms with Crippen molar-refractivity contribution in [3.8, 4) is 0 Å². The third-order valence-corrected chi connectivity index (χ3v) is 7.27. The lowest BCUT2D eigenvalue weighted by atomic mass is 9.97. The topological polar surface area (TPSA) is 89.1 Å². The largest absolute Gasteiger partial charge is 0.383 e. The van der Waals surface area contributed by atoms with E-state index in [1.165, 1.54) is 18.2 Å². The number of thiazole rings is 1. The van der Waals surface area contributed by atoms with Crippen LogP contribution in [0.1, 0.15) is 34.8 Å². The number of nitrogens with zero attached hydrogens (tertiary/aromatic N) is 4. The van der Waals surface area contributed by atoms with Crippen molar-refractivity contribution in [2.45, 2.75) is 18.8 Å². The summed E-state index contributed by atoms with van der Waals surface area (Å²) in [6, 6.07) is 4.07. The van der Waals surface area contributed by atoms with Crippen LogP contribution >= 0.6 is 22.9 Å². The Morgan fingerprint density at radius 1 is 1.32 bits per heavy atom. The molecule has 1 aromatic carbocycles. The van der Waals surface area contributed by atoms with E-state index < -0.39 is 5.82 Å². The predicted molar refractivity (Wildman–Crippen MR) is 120 cm³/mol. The summed E-state index contributed by atoms with van der Waals surface area (Å²) in [6.45, 7) is 1.95. The molecule has 2 fully saturated rings. The molecule has 0 spiro atoms. The highest BCUT2D eigenvalue weighted by molar-refractivity contribution is 7.07. The van der Waals surface area contributed by atoms with Crippen molar-refractivity contribution >= 4 is 46.2 Å². The van der Waals surface area contributed by atoms with Crippen LogP contribution in [0.3, 0.4) is 0 Å². The molecule has 1 saturated carbocycles. The molecule has 1 amide bonds. The molecule has 31 heavy (non-hydrogen) atoms. The zero-order chi connectivity index (χ0) is 21.7. The van der Waals surface area contributed by atoms with Gasteiger partial charge in [-0.15, -0.1) is 11.3 Å². The Morgan fingerprint density at radius 3 is 2.71 bits per heavy atom. The van der Waals surface area contributed by atoms with E-state index in [9.17, 15) is 9.18 Å². The summed E-state index contributed by atoms with van der Waals surface area (Å²) in [4.78, 5) is 19.9. The number of hydrogen-bond donors (Lipinski definition) is 2. The second-order valence-electron chi connectivity index (χ2n) is 8.29. The van der Waals surface area contributed by atoms with Crippen molar-refractivity contribution in [1.82, 2.24) is 14.8 Å². The molecule has 2 aliphatic rings. The van der Waals surface area contributed by atoms with Crippen LogP contribution in [0.4, 0.5) is 21.7 Å². The van der Waals surface area contributed by atoms with E-state index in [1.54, 1.807) is 23.1 Å². The summed E-state index contributed by atoms with van der Waals surface area (Å²) >= 11 is 7.45. The molecule has 7 nitrogen and oxygen atoms in total. The fourth-order valence-electron chi connectivity index (χ4n) is 4.92. The lowest BCUT2D eigenvalue weighted by molar-refractivity contribution is 0.102. The van der Waals surface area contributed by atoms with Crippen molar-refractivity contribution < 1.29 is 9.18 Å². The highest BCUT2D eigenvalue weighted by atomic mass is 35.5. The average molecular weight is 461 g/mol. The van der Waals surface area contributed by atoms with E-state index in [1.807, 2.05) is 5.51 Å². The van der Waals surface area contributed by atoms with E-state index in [2.05, 4.69) is 25.7 Å². The Morgan fingerprint density at radius 2 is 2.06 bits per heavy atom. The Kier molecular flexibility index (Phi) is 5.10. The van der Waals surface area contributed by atoms with Gasteiger partial charge < -0.3 is 16.0 Å². The fourth-order valence-corrected chi connectivity index (χ4v) is 5.66. The minimum atomic E-state index is -0.537. The number of nitrogens with two attached hydrogens (primary N) is 1. The number of carbonyl (C=O) groups is 1. The maximum absolute atomic E-state index is 13.4. The van der Waals surface area contributed by atoms with E-state index in [-0.39, 0.29) is 16.8 Å². The van der Waals surface area contributed by atoms with Crippen LogP contribution in [0.5, 0.6) is 0 Å². The Labute approximate surface area is 188 Å². The minimum Gasteiger partial charge on any atom is -0.383 e. The number of benzene rings is 1. The third-order valence-electron chi connectivity index (χ3n) is 6.40. The molecule has 3 N–H and O–H groups in total. The third kappa shape index (κ3) is 3.65. The minimum absolute atomic E-state index is 0.0505. The second-order valence-corrected chi connectivity index (χ2v) is 9.42. The van der Waals surface area contributed by atoms with Crippen LogP contribution in [0.25, 0.3) is 0 Å². The van der Waals surface area contributed by atoms with Crippen LogP contribution in [0.15, 0.2) is 29.1 Å². The molecule has 2 unspecified atom stereocenters. The van der Waals surface area contributed by atoms with Crippen LogP contribution in [-0.4, -0.2) is 33.8 Å². The number of nitrogen functional groups attached to an aromatic ring is 1. The molecular formula is C21H22ClFN6OS. The zero-order valence-corrected chi connectivity index (χ0v) is 18.5. The van der Waals surface area contributed by atoms with Crippen LogP contribution in [0, 0.1) is 17.7 Å². The van der Waals surface area contributed by atoms with Crippen molar-refractivity contribution in [3.05, 3.63) is 51.2 Å². The van der Waals surface area contributed by atoms with Crippen LogP contribution < -0.4 is 16.0 Å². The maximum Gasteiger partial charge on any atom is 0.261 e. The molecule has 1 aliphatic carbocycles. The molecule has 10 heteroatoms. The van der Waals surface area contributed by atoms with Gasteiger partial charge in [0.05, 0.1) is 16.2 Å². The van der Waals surface area contributed by atoms with Crippen LogP contribution in [-0.2, 0) is 7.05 Å². The predicted octanol–water partition coefficient (Wildman–Crippen LogP) is 4.13. The first kappa shape index (κ1) is 20.3. The Hall–Kier alpha value is -2.65. The lowest BCUT2D eigenvalue weighted by Gasteiger charge is -2.18. The number of anilines is 3. The molecule has 162 valence electrons. The fraction of sp³-hybridized carbons (Fsp3) is 0.381. The first-order valence-electron chi connectivity index (χ1n) is 10.1. The Bertz CT molecular complexity index is 1120. The van der Waals surface area contributed by atoms with Gasteiger partial charge in [-0.25, -0.2) is 9.37 Å². The number of carbonyl (C=O) groups excluding carboxylic acids is 1. The maximum atomic E-state index is 13.4. The molecule has 5 rings (SSSR count). The summed E-state index contributed by atoms with van der Waals surface area (Å²) < 4.78 is 15.0. The number of amides is 1. The van der Waals surface area contributed by atoms with Gasteiger partial charge in [0.15, 0.2) is 0 Å². The molecular weight excluding hydrogens is 439 g/mol. The van der Waals surface area contributed by atoms with Gasteiger partial charge in [0, 0.05) is 37.1 Å². The van der Waals surface area contributed by atoms with E-state index >= 15 is 0 Å². The number of aromatic nitrogens is 3. The molecule has 2 aromatic heterocycles. The highest BCUT2D eigenvalue weighted by Gasteiger charge is 2.44. The summed E-state index contributed by atoms with van der Waals surface area (Å²) in [5.74, 6) is 1.74. The normalized spacial score (nSPS) is 22.7. The van der Waals surface area contributed by atoms with E-state index in [4.69, 9.17) is 17.3 Å². The molecule has 1 aliphatic heterocycles. The van der Waals surface area contributed by atoms with E-state index in [0.717, 1.165) is 37.4 Å². The zero-order valence-electron chi connectivity index (χ0n) is 16.9. The van der Waals surface area contributed by atoms with Gasteiger partial charge in [0.25, 0.3) is 5.91 Å². The van der Waals surface area contributed by atoms with Gasteiger partial charge in [0.1, 0.15) is 23.0 Å². The van der Waals surface area contributed by atoms with Gasteiger partial charge in [-0.3, -0.25) is 9.48 Å². The Balaban J connectivity index is 1.35. The van der Waals surface area contributed by atoms with Gasteiger partial charge in [-0.2, -0.15) is 5.10 Å². The number of aryl methyl sites for hydroxylation is 1. The molecule has 0 radical (unpaired) electrons. The molecule has 1 saturated heterocycles. The number of fused-ring (bicyclic) bond motifs is 1. The van der Waals surface area contributed by atoms with Gasteiger partial charge in [0.2, 0.25) is 0 Å². The van der Waals surface area contributed by atoms with Gasteiger partial charge >= 0.3 is 0 Å². The molecule has 3 aromatic rings. The van der Waals surface area contributed by atoms with Crippen molar-refractivity contribution in [2.24, 2.45) is 18.9 Å². The van der Waals surface area contributed by atoms with Crippen molar-refractivity contribution in [2.75, 3.05) is 29.0 Å². The van der Waals surface area contributed by atoms with Crippen molar-refractivity contribution in [3.63, 3.8) is 0 Å². The summed E-state index contributed by atoms with van der Waals surface area (Å²) in [7, 11) is 1.74. The highest BCUT2D eigenvalue weighted by Crippen LogP contribution is 2.47. The van der Waals surface area contributed by atoms with E-state index in [0.29, 0.717) is 28.9 Å². The SMILES string of the molecule is Cn1nc(C2CC3CN(c4cscn4)CC3C2)c(C(=O)Nc2ccc(F)c(Cl)c2)c1N. The first-order valence-corrected chi connectivity index (χ1v) is 11.4. The summed E-state index contributed by atoms with van der Waals surface area (Å²) in [5.41, 5.74) is 9.62. The van der Waals surface area contributed by atoms with Crippen molar-refractivity contribution in [1.29, 1.82) is 0 Å². The summed E-state index contributed by atoms with van der Waals surface area (Å²) in [5, 5.41) is 9.42. The number of halogens is 2. The number of hydrogen-bond acceptors (Lipinski definition) is 6.